The molecule has 180 valence electrons. The number of carbonyl (C=O) groups is 1. The first-order valence-corrected chi connectivity index (χ1v) is 12.0. The Balaban J connectivity index is 1.44. The molecule has 1 saturated carbocycles. The molecule has 0 aliphatic heterocycles. The summed E-state index contributed by atoms with van der Waals surface area (Å²) < 4.78 is 16.2. The highest BCUT2D eigenvalue weighted by Gasteiger charge is 2.25. The van der Waals surface area contributed by atoms with Gasteiger partial charge in [-0.3, -0.25) is 9.20 Å². The van der Waals surface area contributed by atoms with E-state index < -0.39 is 0 Å². The summed E-state index contributed by atoms with van der Waals surface area (Å²) in [5.74, 6) is 0.0293. The summed E-state index contributed by atoms with van der Waals surface area (Å²) in [4.78, 5) is 21.9. The number of halogens is 2. The van der Waals surface area contributed by atoms with Crippen molar-refractivity contribution in [3.05, 3.63) is 88.8 Å². The number of rotatable bonds is 6. The van der Waals surface area contributed by atoms with E-state index in [2.05, 4.69) is 15.6 Å². The zero-order valence-electron chi connectivity index (χ0n) is 19.1. The van der Waals surface area contributed by atoms with Crippen LogP contribution in [0.5, 0.6) is 0 Å². The Morgan fingerprint density at radius 2 is 1.97 bits per heavy atom. The highest BCUT2D eigenvalue weighted by molar-refractivity contribution is 6.34. The molecule has 1 aliphatic rings. The number of hydrogen-bond donors (Lipinski definition) is 3. The summed E-state index contributed by atoms with van der Waals surface area (Å²) in [5.41, 5.74) is 11.2. The summed E-state index contributed by atoms with van der Waals surface area (Å²) in [7, 11) is 0. The van der Waals surface area contributed by atoms with Crippen molar-refractivity contribution in [2.24, 2.45) is 0 Å². The van der Waals surface area contributed by atoms with Gasteiger partial charge in [0.25, 0.3) is 5.91 Å². The van der Waals surface area contributed by atoms with E-state index in [1.807, 2.05) is 16.5 Å². The topological polar surface area (TPSA) is 97.3 Å². The average molecular weight is 501 g/mol. The van der Waals surface area contributed by atoms with Gasteiger partial charge in [0, 0.05) is 29.4 Å². The Bertz CT molecular complexity index is 1650. The first kappa shape index (κ1) is 22.3. The Morgan fingerprint density at radius 3 is 2.75 bits per heavy atom. The van der Waals surface area contributed by atoms with Crippen molar-refractivity contribution in [2.75, 3.05) is 11.1 Å². The Kier molecular flexibility index (Phi) is 5.45. The van der Waals surface area contributed by atoms with Crippen LogP contribution in [0.25, 0.3) is 27.9 Å². The van der Waals surface area contributed by atoms with Gasteiger partial charge in [-0.2, -0.15) is 0 Å². The molecule has 0 spiro atoms. The molecule has 6 rings (SSSR count). The van der Waals surface area contributed by atoms with Crippen LogP contribution in [0.15, 0.2) is 66.9 Å². The molecule has 1 fully saturated rings. The molecule has 36 heavy (non-hydrogen) atoms. The quantitative estimate of drug-likeness (QED) is 0.270. The van der Waals surface area contributed by atoms with Crippen molar-refractivity contribution < 1.29 is 9.18 Å². The van der Waals surface area contributed by atoms with Crippen LogP contribution in [0.3, 0.4) is 0 Å². The predicted molar refractivity (Wildman–Crippen MR) is 140 cm³/mol. The maximum Gasteiger partial charge on any atom is 0.253 e. The molecule has 3 aromatic carbocycles. The van der Waals surface area contributed by atoms with Crippen molar-refractivity contribution in [3.8, 4) is 11.3 Å². The number of carbonyl (C=O) groups excluding carboxylic acids is 1. The van der Waals surface area contributed by atoms with E-state index in [0.717, 1.165) is 29.6 Å². The summed E-state index contributed by atoms with van der Waals surface area (Å²) >= 11 is 6.53. The number of imidazole rings is 1. The van der Waals surface area contributed by atoms with Crippen LogP contribution >= 0.6 is 11.6 Å². The number of fused-ring (bicyclic) bond motifs is 3. The van der Waals surface area contributed by atoms with Gasteiger partial charge in [0.05, 0.1) is 33.5 Å². The molecule has 0 bridgehead atoms. The van der Waals surface area contributed by atoms with Crippen molar-refractivity contribution in [1.29, 1.82) is 0 Å². The Hall–Kier alpha value is -4.17. The van der Waals surface area contributed by atoms with Gasteiger partial charge in [-0.15, -0.1) is 0 Å². The number of amides is 1. The summed E-state index contributed by atoms with van der Waals surface area (Å²) in [6.45, 7) is 0.238. The first-order valence-electron chi connectivity index (χ1n) is 11.6. The molecular weight excluding hydrogens is 479 g/mol. The van der Waals surface area contributed by atoms with Gasteiger partial charge in [-0.1, -0.05) is 35.9 Å². The van der Waals surface area contributed by atoms with E-state index in [9.17, 15) is 9.18 Å². The molecule has 2 aromatic heterocycles. The fourth-order valence-corrected chi connectivity index (χ4v) is 4.51. The van der Waals surface area contributed by atoms with E-state index >= 15 is 0 Å². The molecule has 0 atom stereocenters. The van der Waals surface area contributed by atoms with Gasteiger partial charge in [0.2, 0.25) is 0 Å². The van der Waals surface area contributed by atoms with Crippen LogP contribution in [0.4, 0.5) is 15.9 Å². The van der Waals surface area contributed by atoms with Crippen LogP contribution in [0, 0.1) is 5.82 Å². The average Bonchev–Trinajstić information content (AvgIpc) is 3.56. The molecule has 1 amide bonds. The maximum atomic E-state index is 14.2. The molecule has 0 unspecified atom stereocenters. The molecule has 2 heterocycles. The highest BCUT2D eigenvalue weighted by atomic mass is 35.5. The van der Waals surface area contributed by atoms with Crippen molar-refractivity contribution in [2.45, 2.75) is 25.4 Å². The zero-order valence-corrected chi connectivity index (χ0v) is 19.9. The number of nitrogen functional groups attached to an aromatic ring is 1. The molecular formula is C27H22ClFN6O. The lowest BCUT2D eigenvalue weighted by molar-refractivity contribution is 0.0951. The second kappa shape index (κ2) is 8.80. The summed E-state index contributed by atoms with van der Waals surface area (Å²) in [5, 5.41) is 6.56. The predicted octanol–water partition coefficient (Wildman–Crippen LogP) is 5.43. The van der Waals surface area contributed by atoms with Gasteiger partial charge in [0.15, 0.2) is 11.5 Å². The van der Waals surface area contributed by atoms with E-state index in [1.54, 1.807) is 48.7 Å². The molecule has 0 saturated heterocycles. The number of anilines is 2. The second-order valence-electron chi connectivity index (χ2n) is 8.90. The molecule has 1 aliphatic carbocycles. The largest absolute Gasteiger partial charge is 0.399 e. The number of benzene rings is 3. The van der Waals surface area contributed by atoms with E-state index in [-0.39, 0.29) is 24.3 Å². The molecule has 4 N–H and O–H groups in total. The SMILES string of the molecule is Nc1ccc2c(c1)nc(NCc1ccccc1F)c1ncc(-c3ccc(C(=O)NC4CC4)c(Cl)c3)n12. The first-order chi connectivity index (χ1) is 17.5. The fourth-order valence-electron chi connectivity index (χ4n) is 4.24. The third-order valence-corrected chi connectivity index (χ3v) is 6.59. The minimum atomic E-state index is -0.296. The van der Waals surface area contributed by atoms with Crippen LogP contribution in [-0.2, 0) is 6.54 Å². The fraction of sp³-hybridized carbons (Fsp3) is 0.148. The van der Waals surface area contributed by atoms with Crippen LogP contribution in [-0.4, -0.2) is 26.3 Å². The van der Waals surface area contributed by atoms with Crippen molar-refractivity contribution >= 4 is 45.7 Å². The molecule has 5 aromatic rings. The lowest BCUT2D eigenvalue weighted by atomic mass is 10.1. The highest BCUT2D eigenvalue weighted by Crippen LogP contribution is 2.32. The molecule has 9 heteroatoms. The summed E-state index contributed by atoms with van der Waals surface area (Å²) in [6.07, 6.45) is 3.74. The van der Waals surface area contributed by atoms with Crippen molar-refractivity contribution in [3.63, 3.8) is 0 Å². The Labute approximate surface area is 211 Å². The monoisotopic (exact) mass is 500 g/mol. The van der Waals surface area contributed by atoms with Gasteiger partial charge in [0.1, 0.15) is 5.82 Å². The molecule has 7 nitrogen and oxygen atoms in total. The van der Waals surface area contributed by atoms with Gasteiger partial charge in [-0.25, -0.2) is 14.4 Å². The minimum absolute atomic E-state index is 0.169. The van der Waals surface area contributed by atoms with Crippen LogP contribution < -0.4 is 16.4 Å². The Morgan fingerprint density at radius 1 is 1.14 bits per heavy atom. The van der Waals surface area contributed by atoms with Gasteiger partial charge in [-0.05, 0) is 49.2 Å². The number of nitrogens with two attached hydrogens (primary N) is 1. The lowest BCUT2D eigenvalue weighted by Crippen LogP contribution is -2.25. The number of aromatic nitrogens is 3. The number of nitrogens with zero attached hydrogens (tertiary/aromatic N) is 3. The zero-order chi connectivity index (χ0) is 24.8. The van der Waals surface area contributed by atoms with Gasteiger partial charge >= 0.3 is 0 Å². The van der Waals surface area contributed by atoms with Crippen LogP contribution in [0.2, 0.25) is 5.02 Å². The lowest BCUT2D eigenvalue weighted by Gasteiger charge is -2.13. The third kappa shape index (κ3) is 4.09. The van der Waals surface area contributed by atoms with E-state index in [1.165, 1.54) is 6.07 Å². The van der Waals surface area contributed by atoms with E-state index in [0.29, 0.717) is 38.8 Å². The number of hydrogen-bond acceptors (Lipinski definition) is 5. The third-order valence-electron chi connectivity index (χ3n) is 6.27. The normalized spacial score (nSPS) is 13.3. The second-order valence-corrected chi connectivity index (χ2v) is 9.31. The summed E-state index contributed by atoms with van der Waals surface area (Å²) in [6, 6.07) is 17.7. The van der Waals surface area contributed by atoms with E-state index in [4.69, 9.17) is 22.3 Å². The van der Waals surface area contributed by atoms with Crippen molar-refractivity contribution in [1.82, 2.24) is 19.7 Å². The maximum absolute atomic E-state index is 14.2. The van der Waals surface area contributed by atoms with Crippen LogP contribution in [0.1, 0.15) is 28.8 Å². The smallest absolute Gasteiger partial charge is 0.253 e. The van der Waals surface area contributed by atoms with Gasteiger partial charge < -0.3 is 16.4 Å². The minimum Gasteiger partial charge on any atom is -0.399 e. The standard InChI is InChI=1S/C27H22ClFN6O/c28-20-11-15(5-9-19(20)27(36)33-18-7-8-18)24-14-32-26-25(31-13-16-3-1-2-4-21(16)29)34-22-12-17(30)6-10-23(22)35(24)26/h1-6,9-12,14,18H,7-8,13,30H2,(H,31,34)(H,33,36). The molecule has 0 radical (unpaired) electrons. The number of nitrogens with one attached hydrogen (secondary N) is 2.